The molecule has 0 unspecified atom stereocenters. The molecule has 0 aromatic carbocycles. The molecule has 0 bridgehead atoms. The van der Waals surface area contributed by atoms with Crippen molar-refractivity contribution in [3.05, 3.63) is 41.2 Å². The Labute approximate surface area is 110 Å². The molecule has 18 heavy (non-hydrogen) atoms. The molecule has 0 aliphatic heterocycles. The van der Waals surface area contributed by atoms with Crippen molar-refractivity contribution in [2.24, 2.45) is 0 Å². The summed E-state index contributed by atoms with van der Waals surface area (Å²) in [6, 6.07) is 5.91. The molecular formula is C13H15N3OS. The summed E-state index contributed by atoms with van der Waals surface area (Å²) in [5, 5.41) is 2.67. The highest BCUT2D eigenvalue weighted by Gasteiger charge is 2.09. The van der Waals surface area contributed by atoms with Crippen LogP contribution in [0.15, 0.2) is 29.8 Å². The predicted molar refractivity (Wildman–Crippen MR) is 73.3 cm³/mol. The van der Waals surface area contributed by atoms with Gasteiger partial charge in [-0.2, -0.15) is 0 Å². The molecule has 2 rings (SSSR count). The summed E-state index contributed by atoms with van der Waals surface area (Å²) in [4.78, 5) is 21.8. The number of carbonyl (C=O) groups is 1. The Bertz CT molecular complexity index is 524. The third-order valence-corrected chi connectivity index (χ3v) is 3.56. The molecule has 2 aromatic heterocycles. The van der Waals surface area contributed by atoms with E-state index in [0.717, 1.165) is 23.8 Å². The Morgan fingerprint density at radius 3 is 2.89 bits per heavy atom. The number of ketones is 1. The Morgan fingerprint density at radius 1 is 1.44 bits per heavy atom. The minimum atomic E-state index is 0.00984. The SMILES string of the molecule is CC(=O)c1csc(N(C)CCc2ccccn2)n1. The minimum Gasteiger partial charge on any atom is -0.351 e. The average molecular weight is 261 g/mol. The second-order valence-corrected chi connectivity index (χ2v) is 4.90. The summed E-state index contributed by atoms with van der Waals surface area (Å²) in [6.07, 6.45) is 2.67. The van der Waals surface area contributed by atoms with Gasteiger partial charge < -0.3 is 4.90 Å². The zero-order valence-corrected chi connectivity index (χ0v) is 11.3. The van der Waals surface area contributed by atoms with Crippen molar-refractivity contribution >= 4 is 22.3 Å². The first-order valence-electron chi connectivity index (χ1n) is 5.74. The van der Waals surface area contributed by atoms with E-state index in [0.29, 0.717) is 5.69 Å². The van der Waals surface area contributed by atoms with Gasteiger partial charge in [0, 0.05) is 44.2 Å². The number of rotatable bonds is 5. The molecule has 0 atom stereocenters. The normalized spacial score (nSPS) is 10.3. The number of Topliss-reactive ketones (excluding diaryl/α,β-unsaturated/α-hetero) is 1. The predicted octanol–water partition coefficient (Wildman–Crippen LogP) is 2.42. The van der Waals surface area contributed by atoms with Crippen LogP contribution in [-0.4, -0.2) is 29.3 Å². The van der Waals surface area contributed by atoms with Gasteiger partial charge in [-0.3, -0.25) is 9.78 Å². The summed E-state index contributed by atoms with van der Waals surface area (Å²) in [6.45, 7) is 2.37. The molecule has 2 aromatic rings. The van der Waals surface area contributed by atoms with Crippen LogP contribution < -0.4 is 4.90 Å². The molecule has 0 amide bonds. The Balaban J connectivity index is 1.95. The van der Waals surface area contributed by atoms with Crippen molar-refractivity contribution in [3.63, 3.8) is 0 Å². The van der Waals surface area contributed by atoms with Gasteiger partial charge in [0.25, 0.3) is 0 Å². The van der Waals surface area contributed by atoms with Crippen molar-refractivity contribution in [1.29, 1.82) is 0 Å². The number of thiazole rings is 1. The summed E-state index contributed by atoms with van der Waals surface area (Å²) in [7, 11) is 1.98. The second-order valence-electron chi connectivity index (χ2n) is 4.06. The van der Waals surface area contributed by atoms with Crippen LogP contribution in [-0.2, 0) is 6.42 Å². The third kappa shape index (κ3) is 3.13. The monoisotopic (exact) mass is 261 g/mol. The van der Waals surface area contributed by atoms with Crippen LogP contribution in [0.3, 0.4) is 0 Å². The molecule has 0 saturated carbocycles. The van der Waals surface area contributed by atoms with E-state index in [1.54, 1.807) is 11.6 Å². The van der Waals surface area contributed by atoms with Gasteiger partial charge in [-0.05, 0) is 12.1 Å². The summed E-state index contributed by atoms with van der Waals surface area (Å²) < 4.78 is 0. The van der Waals surface area contributed by atoms with Crippen LogP contribution in [0.4, 0.5) is 5.13 Å². The minimum absolute atomic E-state index is 0.00984. The third-order valence-electron chi connectivity index (χ3n) is 2.61. The van der Waals surface area contributed by atoms with Gasteiger partial charge >= 0.3 is 0 Å². The molecule has 0 saturated heterocycles. The number of nitrogens with zero attached hydrogens (tertiary/aromatic N) is 3. The fourth-order valence-corrected chi connectivity index (χ4v) is 2.38. The first kappa shape index (κ1) is 12.7. The van der Waals surface area contributed by atoms with Gasteiger partial charge in [0.2, 0.25) is 0 Å². The van der Waals surface area contributed by atoms with Gasteiger partial charge in [0.15, 0.2) is 10.9 Å². The van der Waals surface area contributed by atoms with E-state index in [2.05, 4.69) is 9.97 Å². The number of hydrogen-bond donors (Lipinski definition) is 0. The molecule has 94 valence electrons. The number of carbonyl (C=O) groups excluding carboxylic acids is 1. The lowest BCUT2D eigenvalue weighted by atomic mass is 10.2. The molecular weight excluding hydrogens is 246 g/mol. The van der Waals surface area contributed by atoms with Crippen LogP contribution >= 0.6 is 11.3 Å². The van der Waals surface area contributed by atoms with Crippen molar-refractivity contribution < 1.29 is 4.79 Å². The van der Waals surface area contributed by atoms with E-state index >= 15 is 0 Å². The molecule has 0 radical (unpaired) electrons. The maximum Gasteiger partial charge on any atom is 0.185 e. The zero-order chi connectivity index (χ0) is 13.0. The van der Waals surface area contributed by atoms with Crippen molar-refractivity contribution in [3.8, 4) is 0 Å². The lowest BCUT2D eigenvalue weighted by Crippen LogP contribution is -2.20. The van der Waals surface area contributed by atoms with Crippen LogP contribution in [0.2, 0.25) is 0 Å². The average Bonchev–Trinajstić information content (AvgIpc) is 2.87. The molecule has 4 nitrogen and oxygen atoms in total. The van der Waals surface area contributed by atoms with E-state index in [1.165, 1.54) is 18.3 Å². The highest BCUT2D eigenvalue weighted by atomic mass is 32.1. The van der Waals surface area contributed by atoms with Gasteiger partial charge in [-0.1, -0.05) is 6.07 Å². The van der Waals surface area contributed by atoms with Gasteiger partial charge in [0.1, 0.15) is 5.69 Å². The van der Waals surface area contributed by atoms with Gasteiger partial charge in [-0.25, -0.2) is 4.98 Å². The largest absolute Gasteiger partial charge is 0.351 e. The second kappa shape index (κ2) is 5.73. The number of likely N-dealkylation sites (N-methyl/N-ethyl adjacent to an activating group) is 1. The topological polar surface area (TPSA) is 46.1 Å². The van der Waals surface area contributed by atoms with Crippen LogP contribution in [0.1, 0.15) is 23.1 Å². The van der Waals surface area contributed by atoms with E-state index in [-0.39, 0.29) is 5.78 Å². The highest BCUT2D eigenvalue weighted by molar-refractivity contribution is 7.13. The van der Waals surface area contributed by atoms with Crippen LogP contribution in [0.25, 0.3) is 0 Å². The maximum atomic E-state index is 11.2. The number of anilines is 1. The first-order chi connectivity index (χ1) is 8.66. The van der Waals surface area contributed by atoms with Crippen LogP contribution in [0.5, 0.6) is 0 Å². The van der Waals surface area contributed by atoms with Crippen molar-refractivity contribution in [1.82, 2.24) is 9.97 Å². The van der Waals surface area contributed by atoms with E-state index in [1.807, 2.05) is 30.1 Å². The van der Waals surface area contributed by atoms with Gasteiger partial charge in [0.05, 0.1) is 0 Å². The molecule has 0 aliphatic carbocycles. The van der Waals surface area contributed by atoms with Gasteiger partial charge in [-0.15, -0.1) is 11.3 Å². The fraction of sp³-hybridized carbons (Fsp3) is 0.308. The molecule has 5 heteroatoms. The molecule has 0 aliphatic rings. The van der Waals surface area contributed by atoms with Crippen molar-refractivity contribution in [2.45, 2.75) is 13.3 Å². The Kier molecular flexibility index (Phi) is 4.04. The summed E-state index contributed by atoms with van der Waals surface area (Å²) >= 11 is 1.49. The van der Waals surface area contributed by atoms with E-state index in [4.69, 9.17) is 0 Å². The standard InChI is InChI=1S/C13H15N3OS/c1-10(17)12-9-18-13(15-12)16(2)8-6-11-5-3-4-7-14-11/h3-5,7,9H,6,8H2,1-2H3. The fourth-order valence-electron chi connectivity index (χ4n) is 1.53. The molecule has 0 N–H and O–H groups in total. The quantitative estimate of drug-likeness (QED) is 0.775. The molecule has 0 spiro atoms. The van der Waals surface area contributed by atoms with Crippen LogP contribution in [0, 0.1) is 0 Å². The molecule has 2 heterocycles. The number of pyridine rings is 1. The Hall–Kier alpha value is -1.75. The zero-order valence-electron chi connectivity index (χ0n) is 10.5. The van der Waals surface area contributed by atoms with Crippen molar-refractivity contribution in [2.75, 3.05) is 18.5 Å². The Morgan fingerprint density at radius 2 is 2.28 bits per heavy atom. The van der Waals surface area contributed by atoms with E-state index in [9.17, 15) is 4.79 Å². The number of aromatic nitrogens is 2. The lowest BCUT2D eigenvalue weighted by molar-refractivity contribution is 0.101. The highest BCUT2D eigenvalue weighted by Crippen LogP contribution is 2.19. The smallest absolute Gasteiger partial charge is 0.185 e. The lowest BCUT2D eigenvalue weighted by Gasteiger charge is -2.14. The maximum absolute atomic E-state index is 11.2. The number of hydrogen-bond acceptors (Lipinski definition) is 5. The first-order valence-corrected chi connectivity index (χ1v) is 6.62. The molecule has 0 fully saturated rings. The summed E-state index contributed by atoms with van der Waals surface area (Å²) in [5.74, 6) is 0.00984. The van der Waals surface area contributed by atoms with E-state index < -0.39 is 0 Å². The summed E-state index contributed by atoms with van der Waals surface area (Å²) in [5.41, 5.74) is 1.60.